The molecule has 0 aliphatic rings. The lowest BCUT2D eigenvalue weighted by Crippen LogP contribution is -2.39. The van der Waals surface area contributed by atoms with Gasteiger partial charge in [-0.3, -0.25) is 4.99 Å². The molecule has 1 N–H and O–H groups in total. The quantitative estimate of drug-likeness (QED) is 0.647. The van der Waals surface area contributed by atoms with Crippen molar-refractivity contribution in [2.75, 3.05) is 20.1 Å². The molecule has 0 bridgehead atoms. The minimum atomic E-state index is 0.769. The van der Waals surface area contributed by atoms with Crippen molar-refractivity contribution < 1.29 is 0 Å². The fraction of sp³-hybridized carbons (Fsp3) is 0.438. The highest BCUT2D eigenvalue weighted by Crippen LogP contribution is 2.14. The highest BCUT2D eigenvalue weighted by atomic mass is 35.5. The van der Waals surface area contributed by atoms with Gasteiger partial charge in [0.05, 0.1) is 11.6 Å². The van der Waals surface area contributed by atoms with Crippen LogP contribution in [0.5, 0.6) is 0 Å². The molecule has 0 spiro atoms. The molecule has 2 heterocycles. The first-order chi connectivity index (χ1) is 10.6. The first-order valence-corrected chi connectivity index (χ1v) is 8.68. The van der Waals surface area contributed by atoms with Crippen molar-refractivity contribution in [2.45, 2.75) is 19.9 Å². The molecule has 2 rings (SSSR count). The molecule has 2 aromatic rings. The molecule has 0 atom stereocenters. The number of aromatic nitrogens is 1. The zero-order chi connectivity index (χ0) is 15.9. The number of aliphatic imine (C=N–C) groups is 1. The monoisotopic (exact) mass is 338 g/mol. The summed E-state index contributed by atoms with van der Waals surface area (Å²) in [6.07, 6.45) is 2.90. The van der Waals surface area contributed by atoms with Gasteiger partial charge in [-0.05, 0) is 24.4 Å². The topological polar surface area (TPSA) is 32.6 Å². The molecular formula is C16H23ClN4S. The average Bonchev–Trinajstić information content (AvgIpc) is 3.08. The van der Waals surface area contributed by atoms with Gasteiger partial charge in [-0.2, -0.15) is 0 Å². The smallest absolute Gasteiger partial charge is 0.194 e. The number of guanidine groups is 1. The van der Waals surface area contributed by atoms with Crippen LogP contribution in [0.3, 0.4) is 0 Å². The van der Waals surface area contributed by atoms with Crippen molar-refractivity contribution in [2.24, 2.45) is 12.0 Å². The van der Waals surface area contributed by atoms with Crippen molar-refractivity contribution in [1.29, 1.82) is 0 Å². The summed E-state index contributed by atoms with van der Waals surface area (Å²) in [4.78, 5) is 8.22. The number of nitrogens with one attached hydrogen (secondary N) is 1. The molecule has 0 amide bonds. The normalized spacial score (nSPS) is 11.7. The molecule has 4 nitrogen and oxygen atoms in total. The second kappa shape index (κ2) is 8.25. The van der Waals surface area contributed by atoms with Crippen LogP contribution < -0.4 is 5.32 Å². The summed E-state index contributed by atoms with van der Waals surface area (Å²) in [6.45, 7) is 4.51. The zero-order valence-corrected chi connectivity index (χ0v) is 14.9. The Bertz CT molecular complexity index is 604. The highest BCUT2D eigenvalue weighted by molar-refractivity contribution is 7.09. The van der Waals surface area contributed by atoms with Gasteiger partial charge in [-0.25, -0.2) is 0 Å². The molecule has 120 valence electrons. The molecule has 0 aliphatic heterocycles. The predicted molar refractivity (Wildman–Crippen MR) is 95.9 cm³/mol. The van der Waals surface area contributed by atoms with Gasteiger partial charge in [0, 0.05) is 50.4 Å². The van der Waals surface area contributed by atoms with E-state index in [4.69, 9.17) is 16.6 Å². The van der Waals surface area contributed by atoms with E-state index in [9.17, 15) is 0 Å². The number of halogens is 1. The van der Waals surface area contributed by atoms with Crippen LogP contribution in [0.25, 0.3) is 0 Å². The van der Waals surface area contributed by atoms with E-state index in [0.29, 0.717) is 0 Å². The molecule has 2 aromatic heterocycles. The second-order valence-electron chi connectivity index (χ2n) is 5.18. The molecular weight excluding hydrogens is 316 g/mol. The Labute approximate surface area is 141 Å². The van der Waals surface area contributed by atoms with E-state index in [1.54, 1.807) is 11.3 Å². The summed E-state index contributed by atoms with van der Waals surface area (Å²) in [6, 6.07) is 6.23. The molecule has 0 aromatic carbocycles. The summed E-state index contributed by atoms with van der Waals surface area (Å²) < 4.78 is 2.05. The molecule has 0 saturated heterocycles. The maximum absolute atomic E-state index is 6.05. The lowest BCUT2D eigenvalue weighted by molar-refractivity contribution is 0.462. The van der Waals surface area contributed by atoms with Crippen LogP contribution in [-0.2, 0) is 20.0 Å². The van der Waals surface area contributed by atoms with E-state index in [1.807, 2.05) is 30.9 Å². The Balaban J connectivity index is 1.97. The highest BCUT2D eigenvalue weighted by Gasteiger charge is 2.09. The van der Waals surface area contributed by atoms with E-state index < -0.39 is 0 Å². The van der Waals surface area contributed by atoms with Crippen LogP contribution in [0, 0.1) is 0 Å². The van der Waals surface area contributed by atoms with Crippen LogP contribution in [0.2, 0.25) is 5.02 Å². The zero-order valence-electron chi connectivity index (χ0n) is 13.3. The number of rotatable bonds is 6. The minimum absolute atomic E-state index is 0.769. The molecule has 0 unspecified atom stereocenters. The van der Waals surface area contributed by atoms with Crippen LogP contribution in [0.1, 0.15) is 17.5 Å². The average molecular weight is 339 g/mol. The van der Waals surface area contributed by atoms with E-state index in [2.05, 4.69) is 34.7 Å². The third-order valence-electron chi connectivity index (χ3n) is 3.37. The second-order valence-corrected chi connectivity index (χ2v) is 6.65. The lowest BCUT2D eigenvalue weighted by Gasteiger charge is -2.22. The van der Waals surface area contributed by atoms with Gasteiger partial charge in [0.15, 0.2) is 5.96 Å². The fourth-order valence-electron chi connectivity index (χ4n) is 2.24. The Morgan fingerprint density at radius 2 is 2.32 bits per heavy atom. The summed E-state index contributed by atoms with van der Waals surface area (Å²) >= 11 is 7.83. The predicted octanol–water partition coefficient (Wildman–Crippen LogP) is 3.38. The van der Waals surface area contributed by atoms with Crippen molar-refractivity contribution >= 4 is 28.9 Å². The van der Waals surface area contributed by atoms with Gasteiger partial charge in [0.1, 0.15) is 0 Å². The van der Waals surface area contributed by atoms with Crippen LogP contribution in [0.15, 0.2) is 34.8 Å². The number of aryl methyl sites for hydroxylation is 1. The number of hydrogen-bond acceptors (Lipinski definition) is 2. The molecule has 0 saturated carbocycles. The first kappa shape index (κ1) is 16.9. The largest absolute Gasteiger partial charge is 0.357 e. The molecule has 22 heavy (non-hydrogen) atoms. The van der Waals surface area contributed by atoms with E-state index >= 15 is 0 Å². The Morgan fingerprint density at radius 3 is 2.91 bits per heavy atom. The van der Waals surface area contributed by atoms with Gasteiger partial charge in [0.2, 0.25) is 0 Å². The third-order valence-corrected chi connectivity index (χ3v) is 4.51. The van der Waals surface area contributed by atoms with Gasteiger partial charge in [-0.1, -0.05) is 17.7 Å². The summed E-state index contributed by atoms with van der Waals surface area (Å²) in [7, 11) is 4.06. The van der Waals surface area contributed by atoms with Gasteiger partial charge in [0.25, 0.3) is 0 Å². The van der Waals surface area contributed by atoms with Crippen molar-refractivity contribution in [1.82, 2.24) is 14.8 Å². The van der Waals surface area contributed by atoms with E-state index in [-0.39, 0.29) is 0 Å². The summed E-state index contributed by atoms with van der Waals surface area (Å²) in [5.74, 6) is 0.927. The minimum Gasteiger partial charge on any atom is -0.357 e. The molecule has 0 aliphatic carbocycles. The van der Waals surface area contributed by atoms with Crippen LogP contribution >= 0.6 is 22.9 Å². The Morgan fingerprint density at radius 1 is 1.50 bits per heavy atom. The maximum Gasteiger partial charge on any atom is 0.194 e. The lowest BCUT2D eigenvalue weighted by atomic mass is 10.3. The van der Waals surface area contributed by atoms with E-state index in [1.165, 1.54) is 4.88 Å². The summed E-state index contributed by atoms with van der Waals surface area (Å²) in [5, 5.41) is 6.22. The molecule has 6 heteroatoms. The standard InChI is InChI=1S/C16H23ClN4S/c1-4-18-16(19-8-7-15-6-5-9-22-15)21(3)12-14-10-13(17)11-20(14)2/h5-6,9-11H,4,7-8,12H2,1-3H3,(H,18,19). The Kier molecular flexibility index (Phi) is 6.34. The van der Waals surface area contributed by atoms with E-state index in [0.717, 1.165) is 42.7 Å². The molecule has 0 fully saturated rings. The van der Waals surface area contributed by atoms with Crippen molar-refractivity contribution in [3.8, 4) is 0 Å². The third kappa shape index (κ3) is 4.78. The van der Waals surface area contributed by atoms with Crippen molar-refractivity contribution in [3.63, 3.8) is 0 Å². The number of hydrogen-bond donors (Lipinski definition) is 1. The van der Waals surface area contributed by atoms with Gasteiger partial charge in [-0.15, -0.1) is 11.3 Å². The van der Waals surface area contributed by atoms with Gasteiger partial charge >= 0.3 is 0 Å². The molecule has 0 radical (unpaired) electrons. The first-order valence-electron chi connectivity index (χ1n) is 7.42. The van der Waals surface area contributed by atoms with Gasteiger partial charge < -0.3 is 14.8 Å². The summed E-state index contributed by atoms with van der Waals surface area (Å²) in [5.41, 5.74) is 1.16. The van der Waals surface area contributed by atoms with Crippen molar-refractivity contribution in [3.05, 3.63) is 45.4 Å². The Hall–Kier alpha value is -1.46. The van der Waals surface area contributed by atoms with Crippen LogP contribution in [-0.4, -0.2) is 35.6 Å². The number of thiophene rings is 1. The fourth-order valence-corrected chi connectivity index (χ4v) is 3.21. The SMILES string of the molecule is CCNC(=NCCc1cccs1)N(C)Cc1cc(Cl)cn1C. The maximum atomic E-state index is 6.05. The number of nitrogens with zero attached hydrogens (tertiary/aromatic N) is 3. The van der Waals surface area contributed by atoms with Crippen LogP contribution in [0.4, 0.5) is 0 Å².